The Balaban J connectivity index is 1.60. The molecule has 6 heteroatoms. The molecule has 1 aromatic heterocycles. The molecule has 1 unspecified atom stereocenters. The average Bonchev–Trinajstić information content (AvgIpc) is 3.02. The molecule has 1 saturated carbocycles. The van der Waals surface area contributed by atoms with Crippen molar-refractivity contribution in [3.05, 3.63) is 41.2 Å². The number of aryl methyl sites for hydroxylation is 1. The maximum absolute atomic E-state index is 12.5. The highest BCUT2D eigenvalue weighted by molar-refractivity contribution is 7.98. The summed E-state index contributed by atoms with van der Waals surface area (Å²) in [5.74, 6) is 1.99. The number of nitrogens with zero attached hydrogens (tertiary/aromatic N) is 3. The molecule has 26 heavy (non-hydrogen) atoms. The minimum atomic E-state index is -0.130. The SMILES string of the molecule is Cc1ccccc1CSc1nnc(C(C)NC(=O)C2CCCCC2)n1C. The van der Waals surface area contributed by atoms with Crippen LogP contribution in [-0.2, 0) is 17.6 Å². The number of carbonyl (C=O) groups excluding carboxylic acids is 1. The molecule has 1 aromatic carbocycles. The van der Waals surface area contributed by atoms with E-state index in [1.807, 2.05) is 18.5 Å². The summed E-state index contributed by atoms with van der Waals surface area (Å²) in [5.41, 5.74) is 2.59. The van der Waals surface area contributed by atoms with Gasteiger partial charge >= 0.3 is 0 Å². The molecule has 1 fully saturated rings. The smallest absolute Gasteiger partial charge is 0.223 e. The summed E-state index contributed by atoms with van der Waals surface area (Å²) in [6.45, 7) is 4.11. The Morgan fingerprint density at radius 1 is 1.27 bits per heavy atom. The Kier molecular flexibility index (Phi) is 6.35. The van der Waals surface area contributed by atoms with Crippen molar-refractivity contribution in [2.45, 2.75) is 62.9 Å². The zero-order valence-corrected chi connectivity index (χ0v) is 16.7. The summed E-state index contributed by atoms with van der Waals surface area (Å²) in [4.78, 5) is 12.5. The first kappa shape index (κ1) is 19.0. The van der Waals surface area contributed by atoms with Gasteiger partial charge in [-0.05, 0) is 37.8 Å². The summed E-state index contributed by atoms with van der Waals surface area (Å²) < 4.78 is 1.99. The predicted molar refractivity (Wildman–Crippen MR) is 105 cm³/mol. The summed E-state index contributed by atoms with van der Waals surface area (Å²) in [6.07, 6.45) is 5.60. The van der Waals surface area contributed by atoms with E-state index in [1.54, 1.807) is 11.8 Å². The second kappa shape index (κ2) is 8.71. The third-order valence-electron chi connectivity index (χ3n) is 5.21. The summed E-state index contributed by atoms with van der Waals surface area (Å²) in [5, 5.41) is 12.7. The van der Waals surface area contributed by atoms with E-state index in [4.69, 9.17) is 0 Å². The number of hydrogen-bond acceptors (Lipinski definition) is 4. The number of benzene rings is 1. The van der Waals surface area contributed by atoms with Gasteiger partial charge in [-0.3, -0.25) is 4.79 Å². The van der Waals surface area contributed by atoms with Crippen molar-refractivity contribution < 1.29 is 4.79 Å². The predicted octanol–water partition coefficient (Wildman–Crippen LogP) is 4.17. The van der Waals surface area contributed by atoms with Crippen molar-refractivity contribution in [3.63, 3.8) is 0 Å². The number of nitrogens with one attached hydrogen (secondary N) is 1. The van der Waals surface area contributed by atoms with E-state index >= 15 is 0 Å². The van der Waals surface area contributed by atoms with E-state index in [0.29, 0.717) is 0 Å². The maximum atomic E-state index is 12.5. The lowest BCUT2D eigenvalue weighted by Gasteiger charge is -2.23. The van der Waals surface area contributed by atoms with Gasteiger partial charge in [0.1, 0.15) is 0 Å². The quantitative estimate of drug-likeness (QED) is 0.773. The highest BCUT2D eigenvalue weighted by Gasteiger charge is 2.24. The topological polar surface area (TPSA) is 59.8 Å². The first-order valence-electron chi connectivity index (χ1n) is 9.43. The van der Waals surface area contributed by atoms with Crippen LogP contribution in [0.2, 0.25) is 0 Å². The molecule has 1 heterocycles. The summed E-state index contributed by atoms with van der Waals surface area (Å²) >= 11 is 1.68. The fraction of sp³-hybridized carbons (Fsp3) is 0.550. The highest BCUT2D eigenvalue weighted by atomic mass is 32.2. The van der Waals surface area contributed by atoms with Gasteiger partial charge in [0, 0.05) is 18.7 Å². The molecular formula is C20H28N4OS. The lowest BCUT2D eigenvalue weighted by molar-refractivity contribution is -0.126. The van der Waals surface area contributed by atoms with Crippen LogP contribution in [0.15, 0.2) is 29.4 Å². The summed E-state index contributed by atoms with van der Waals surface area (Å²) in [6, 6.07) is 8.26. The second-order valence-corrected chi connectivity index (χ2v) is 8.12. The standard InChI is InChI=1S/C20H28N4OS/c1-14-9-7-8-12-17(14)13-26-20-23-22-18(24(20)3)15(2)21-19(25)16-10-5-4-6-11-16/h7-9,12,15-16H,4-6,10-11,13H2,1-3H3,(H,21,25). The molecule has 0 aliphatic heterocycles. The van der Waals surface area contributed by atoms with Crippen molar-refractivity contribution in [2.24, 2.45) is 13.0 Å². The normalized spacial score (nSPS) is 16.4. The van der Waals surface area contributed by atoms with Crippen molar-refractivity contribution in [1.82, 2.24) is 20.1 Å². The van der Waals surface area contributed by atoms with E-state index in [2.05, 4.69) is 46.7 Å². The van der Waals surface area contributed by atoms with Crippen LogP contribution in [-0.4, -0.2) is 20.7 Å². The molecule has 2 aromatic rings. The van der Waals surface area contributed by atoms with Gasteiger partial charge in [-0.2, -0.15) is 0 Å². The van der Waals surface area contributed by atoms with Gasteiger partial charge < -0.3 is 9.88 Å². The molecule has 0 saturated heterocycles. The molecule has 1 aliphatic rings. The largest absolute Gasteiger partial charge is 0.346 e. The van der Waals surface area contributed by atoms with Crippen LogP contribution in [0.4, 0.5) is 0 Å². The molecule has 1 N–H and O–H groups in total. The Bertz CT molecular complexity index is 752. The van der Waals surface area contributed by atoms with E-state index in [-0.39, 0.29) is 17.9 Å². The minimum absolute atomic E-state index is 0.130. The number of carbonyl (C=O) groups is 1. The van der Waals surface area contributed by atoms with E-state index in [9.17, 15) is 4.79 Å². The number of hydrogen-bond donors (Lipinski definition) is 1. The third kappa shape index (κ3) is 4.47. The molecule has 5 nitrogen and oxygen atoms in total. The molecule has 0 spiro atoms. The molecule has 1 amide bonds. The molecule has 0 radical (unpaired) electrons. The zero-order chi connectivity index (χ0) is 18.5. The zero-order valence-electron chi connectivity index (χ0n) is 15.9. The Morgan fingerprint density at radius 3 is 2.73 bits per heavy atom. The van der Waals surface area contributed by atoms with Crippen molar-refractivity contribution in [2.75, 3.05) is 0 Å². The first-order valence-corrected chi connectivity index (χ1v) is 10.4. The van der Waals surface area contributed by atoms with Gasteiger partial charge in [0.2, 0.25) is 5.91 Å². The second-order valence-electron chi connectivity index (χ2n) is 7.18. The third-order valence-corrected chi connectivity index (χ3v) is 6.28. The van der Waals surface area contributed by atoms with Gasteiger partial charge in [0.05, 0.1) is 6.04 Å². The van der Waals surface area contributed by atoms with Crippen LogP contribution in [0.1, 0.15) is 62.0 Å². The number of thioether (sulfide) groups is 1. The lowest BCUT2D eigenvalue weighted by atomic mass is 9.88. The van der Waals surface area contributed by atoms with Crippen molar-refractivity contribution >= 4 is 17.7 Å². The van der Waals surface area contributed by atoms with Gasteiger partial charge in [0.15, 0.2) is 11.0 Å². The fourth-order valence-electron chi connectivity index (χ4n) is 3.50. The number of aromatic nitrogens is 3. The van der Waals surface area contributed by atoms with Crippen LogP contribution in [0.3, 0.4) is 0 Å². The first-order chi connectivity index (χ1) is 12.6. The molecule has 1 aliphatic carbocycles. The monoisotopic (exact) mass is 372 g/mol. The van der Waals surface area contributed by atoms with Gasteiger partial charge in [0.25, 0.3) is 0 Å². The van der Waals surface area contributed by atoms with E-state index in [0.717, 1.165) is 42.4 Å². The van der Waals surface area contributed by atoms with E-state index in [1.165, 1.54) is 17.5 Å². The minimum Gasteiger partial charge on any atom is -0.346 e. The highest BCUT2D eigenvalue weighted by Crippen LogP contribution is 2.26. The van der Waals surface area contributed by atoms with Gasteiger partial charge in [-0.1, -0.05) is 55.3 Å². The number of rotatable bonds is 6. The van der Waals surface area contributed by atoms with Crippen LogP contribution in [0, 0.1) is 12.8 Å². The Labute approximate surface area is 160 Å². The maximum Gasteiger partial charge on any atom is 0.223 e. The van der Waals surface area contributed by atoms with Crippen molar-refractivity contribution in [3.8, 4) is 0 Å². The van der Waals surface area contributed by atoms with Crippen LogP contribution in [0.5, 0.6) is 0 Å². The molecular weight excluding hydrogens is 344 g/mol. The molecule has 0 bridgehead atoms. The number of amides is 1. The molecule has 1 atom stereocenters. The van der Waals surface area contributed by atoms with Crippen LogP contribution in [0.25, 0.3) is 0 Å². The lowest BCUT2D eigenvalue weighted by Crippen LogP contribution is -2.34. The Hall–Kier alpha value is -1.82. The molecule has 140 valence electrons. The van der Waals surface area contributed by atoms with Gasteiger partial charge in [-0.15, -0.1) is 10.2 Å². The summed E-state index contributed by atoms with van der Waals surface area (Å²) in [7, 11) is 1.97. The van der Waals surface area contributed by atoms with Crippen LogP contribution < -0.4 is 5.32 Å². The Morgan fingerprint density at radius 2 is 2.00 bits per heavy atom. The average molecular weight is 373 g/mol. The van der Waals surface area contributed by atoms with Crippen molar-refractivity contribution in [1.29, 1.82) is 0 Å². The van der Waals surface area contributed by atoms with Gasteiger partial charge in [-0.25, -0.2) is 0 Å². The van der Waals surface area contributed by atoms with E-state index < -0.39 is 0 Å². The molecule has 3 rings (SSSR count). The fourth-order valence-corrected chi connectivity index (χ4v) is 4.50. The van der Waals surface area contributed by atoms with Crippen LogP contribution >= 0.6 is 11.8 Å².